The van der Waals surface area contributed by atoms with Gasteiger partial charge in [0, 0.05) is 56.4 Å². The highest BCUT2D eigenvalue weighted by Crippen LogP contribution is 2.37. The molecule has 0 unspecified atom stereocenters. The highest BCUT2D eigenvalue weighted by molar-refractivity contribution is 6.76. The molecule has 0 spiro atoms. The summed E-state index contributed by atoms with van der Waals surface area (Å²) in [5.74, 6) is -0.264. The van der Waals surface area contributed by atoms with E-state index in [9.17, 15) is 9.18 Å². The van der Waals surface area contributed by atoms with Crippen LogP contribution in [0.2, 0.25) is 30.7 Å². The van der Waals surface area contributed by atoms with Crippen molar-refractivity contribution in [2.45, 2.75) is 89.9 Å². The second kappa shape index (κ2) is 14.1. The summed E-state index contributed by atoms with van der Waals surface area (Å²) >= 11 is 6.46. The Balaban J connectivity index is 1.34. The van der Waals surface area contributed by atoms with Crippen molar-refractivity contribution in [3.05, 3.63) is 64.6 Å². The van der Waals surface area contributed by atoms with Gasteiger partial charge in [0.2, 0.25) is 0 Å². The minimum atomic E-state index is -1.14. The van der Waals surface area contributed by atoms with E-state index < -0.39 is 13.7 Å². The van der Waals surface area contributed by atoms with Crippen molar-refractivity contribution in [1.29, 1.82) is 0 Å². The van der Waals surface area contributed by atoms with Gasteiger partial charge >= 0.3 is 6.09 Å². The van der Waals surface area contributed by atoms with Crippen LogP contribution in [0.5, 0.6) is 0 Å². The standard InChI is InChI=1S/C33H47ClFN3O4Si/c1-32(2,3)42-31(39)37-15-13-33(14-16-37,27-9-11-29(35)12-10-27)23-40-17-7-8-25-20-28(34)21-26-22-38(36-30(25)26)24-41-18-19-43(4,5)6/h9-12,20-22H,7-8,13-19,23-24H2,1-6H3. The summed E-state index contributed by atoms with van der Waals surface area (Å²) in [6, 6.07) is 11.7. The number of benzene rings is 2. The molecule has 1 saturated heterocycles. The van der Waals surface area contributed by atoms with E-state index in [1.165, 1.54) is 12.1 Å². The molecule has 2 heterocycles. The zero-order valence-corrected chi connectivity index (χ0v) is 28.3. The lowest BCUT2D eigenvalue weighted by Crippen LogP contribution is -2.48. The van der Waals surface area contributed by atoms with Gasteiger partial charge in [-0.25, -0.2) is 13.9 Å². The maximum Gasteiger partial charge on any atom is 0.410 e. The molecule has 0 radical (unpaired) electrons. The zero-order valence-electron chi connectivity index (χ0n) is 26.6. The number of ether oxygens (including phenoxy) is 3. The van der Waals surface area contributed by atoms with E-state index in [0.717, 1.165) is 47.5 Å². The van der Waals surface area contributed by atoms with E-state index in [2.05, 4.69) is 19.6 Å². The number of hydrogen-bond acceptors (Lipinski definition) is 5. The van der Waals surface area contributed by atoms with Crippen molar-refractivity contribution >= 4 is 36.7 Å². The van der Waals surface area contributed by atoms with Crippen LogP contribution in [0.15, 0.2) is 42.6 Å². The Labute approximate surface area is 261 Å². The summed E-state index contributed by atoms with van der Waals surface area (Å²) in [5.41, 5.74) is 2.22. The molecule has 2 aromatic carbocycles. The Morgan fingerprint density at radius 3 is 2.42 bits per heavy atom. The molecule has 10 heteroatoms. The quantitative estimate of drug-likeness (QED) is 0.149. The highest BCUT2D eigenvalue weighted by atomic mass is 35.5. The predicted molar refractivity (Wildman–Crippen MR) is 173 cm³/mol. The van der Waals surface area contributed by atoms with Gasteiger partial charge in [0.1, 0.15) is 18.1 Å². The van der Waals surface area contributed by atoms with Crippen molar-refractivity contribution in [1.82, 2.24) is 14.7 Å². The fourth-order valence-electron chi connectivity index (χ4n) is 5.41. The Morgan fingerprint density at radius 1 is 1.07 bits per heavy atom. The number of halogens is 2. The summed E-state index contributed by atoms with van der Waals surface area (Å²) in [6.45, 7) is 16.0. The molecule has 0 bridgehead atoms. The summed E-state index contributed by atoms with van der Waals surface area (Å²) in [4.78, 5) is 14.4. The minimum Gasteiger partial charge on any atom is -0.444 e. The first-order chi connectivity index (χ1) is 20.2. The summed E-state index contributed by atoms with van der Waals surface area (Å²) in [5, 5.41) is 6.49. The lowest BCUT2D eigenvalue weighted by molar-refractivity contribution is 0.00522. The smallest absolute Gasteiger partial charge is 0.410 e. The van der Waals surface area contributed by atoms with E-state index >= 15 is 0 Å². The van der Waals surface area contributed by atoms with Gasteiger partial charge in [-0.3, -0.25) is 0 Å². The highest BCUT2D eigenvalue weighted by Gasteiger charge is 2.39. The number of fused-ring (bicyclic) bond motifs is 1. The number of hydrogen-bond donors (Lipinski definition) is 0. The zero-order chi connectivity index (χ0) is 31.3. The van der Waals surface area contributed by atoms with E-state index in [0.29, 0.717) is 50.9 Å². The van der Waals surface area contributed by atoms with Crippen LogP contribution in [0, 0.1) is 5.82 Å². The number of nitrogens with zero attached hydrogens (tertiary/aromatic N) is 3. The normalized spacial score (nSPS) is 15.7. The first kappa shape index (κ1) is 33.4. The van der Waals surface area contributed by atoms with Crippen molar-refractivity contribution in [3.8, 4) is 0 Å². The molecular weight excluding hydrogens is 585 g/mol. The molecule has 0 N–H and O–H groups in total. The van der Waals surface area contributed by atoms with Crippen LogP contribution in [0.3, 0.4) is 0 Å². The maximum atomic E-state index is 13.8. The average molecular weight is 632 g/mol. The molecule has 1 amide bonds. The number of carbonyl (C=O) groups excluding carboxylic acids is 1. The van der Waals surface area contributed by atoms with Gasteiger partial charge in [0.05, 0.1) is 12.1 Å². The Morgan fingerprint density at radius 2 is 1.77 bits per heavy atom. The summed E-state index contributed by atoms with van der Waals surface area (Å²) in [7, 11) is -1.14. The summed E-state index contributed by atoms with van der Waals surface area (Å²) < 4.78 is 33.4. The second-order valence-electron chi connectivity index (χ2n) is 13.9. The van der Waals surface area contributed by atoms with Crippen LogP contribution in [-0.2, 0) is 32.8 Å². The molecule has 236 valence electrons. The fourth-order valence-corrected chi connectivity index (χ4v) is 6.41. The van der Waals surface area contributed by atoms with Crippen molar-refractivity contribution in [2.75, 3.05) is 32.9 Å². The largest absolute Gasteiger partial charge is 0.444 e. The molecule has 0 atom stereocenters. The lowest BCUT2D eigenvalue weighted by atomic mass is 9.73. The Kier molecular flexibility index (Phi) is 11.0. The molecule has 0 saturated carbocycles. The molecule has 7 nitrogen and oxygen atoms in total. The van der Waals surface area contributed by atoms with Gasteiger partial charge < -0.3 is 19.1 Å². The van der Waals surface area contributed by atoms with Crippen molar-refractivity contribution in [2.24, 2.45) is 0 Å². The number of rotatable bonds is 12. The minimum absolute atomic E-state index is 0.264. The molecule has 1 aromatic heterocycles. The SMILES string of the molecule is CC(C)(C)OC(=O)N1CCC(COCCCc2cc(Cl)cc3cn(COCC[Si](C)(C)C)nc23)(c2ccc(F)cc2)CC1. The maximum absolute atomic E-state index is 13.8. The van der Waals surface area contributed by atoms with Crippen LogP contribution in [0.4, 0.5) is 9.18 Å². The van der Waals surface area contributed by atoms with E-state index in [4.69, 9.17) is 30.9 Å². The molecule has 0 aliphatic carbocycles. The molecule has 1 aliphatic rings. The Bertz CT molecular complexity index is 1360. The first-order valence-electron chi connectivity index (χ1n) is 15.3. The predicted octanol–water partition coefficient (Wildman–Crippen LogP) is 8.06. The van der Waals surface area contributed by atoms with Crippen molar-refractivity contribution < 1.29 is 23.4 Å². The molecular formula is C33H47ClFN3O4Si. The second-order valence-corrected chi connectivity index (χ2v) is 20.0. The molecule has 4 rings (SSSR count). The van der Waals surface area contributed by atoms with Gasteiger partial charge in [0.25, 0.3) is 0 Å². The van der Waals surface area contributed by atoms with Gasteiger partial charge in [-0.05, 0) is 87.9 Å². The number of amides is 1. The van der Waals surface area contributed by atoms with E-state index in [-0.39, 0.29) is 17.3 Å². The molecule has 43 heavy (non-hydrogen) atoms. The van der Waals surface area contributed by atoms with Crippen LogP contribution in [0.1, 0.15) is 51.2 Å². The summed E-state index contributed by atoms with van der Waals surface area (Å²) in [6.07, 6.45) is 4.70. The first-order valence-corrected chi connectivity index (χ1v) is 19.4. The molecule has 1 aliphatic heterocycles. The van der Waals surface area contributed by atoms with Crippen LogP contribution < -0.4 is 0 Å². The van der Waals surface area contributed by atoms with E-state index in [1.54, 1.807) is 4.90 Å². The number of carbonyl (C=O) groups is 1. The van der Waals surface area contributed by atoms with Crippen LogP contribution in [0.25, 0.3) is 10.9 Å². The average Bonchev–Trinajstić information content (AvgIpc) is 3.33. The third kappa shape index (κ3) is 9.76. The number of piperidine rings is 1. The van der Waals surface area contributed by atoms with E-state index in [1.807, 2.05) is 55.9 Å². The number of likely N-dealkylation sites (tertiary alicyclic amines) is 1. The van der Waals surface area contributed by atoms with Gasteiger partial charge in [0.15, 0.2) is 0 Å². The van der Waals surface area contributed by atoms with Gasteiger partial charge in [-0.1, -0.05) is 43.4 Å². The number of aryl methyl sites for hydroxylation is 1. The third-order valence-corrected chi connectivity index (χ3v) is 9.78. The fraction of sp³-hybridized carbons (Fsp3) is 0.576. The topological polar surface area (TPSA) is 65.8 Å². The molecule has 3 aromatic rings. The van der Waals surface area contributed by atoms with Gasteiger partial charge in [-0.15, -0.1) is 0 Å². The lowest BCUT2D eigenvalue weighted by Gasteiger charge is -2.42. The van der Waals surface area contributed by atoms with Crippen molar-refractivity contribution in [3.63, 3.8) is 0 Å². The van der Waals surface area contributed by atoms with Gasteiger partial charge in [-0.2, -0.15) is 5.10 Å². The number of aromatic nitrogens is 2. The Hall–Kier alpha value is -2.46. The third-order valence-electron chi connectivity index (χ3n) is 7.86. The van der Waals surface area contributed by atoms with Crippen LogP contribution in [-0.4, -0.2) is 67.4 Å². The monoisotopic (exact) mass is 631 g/mol. The van der Waals surface area contributed by atoms with Crippen LogP contribution >= 0.6 is 11.6 Å². The molecule has 1 fully saturated rings.